The average molecular weight is 337 g/mol. The van der Waals surface area contributed by atoms with Crippen LogP contribution in [0.1, 0.15) is 17.2 Å². The Bertz CT molecular complexity index is 675. The molecule has 6 heteroatoms. The summed E-state index contributed by atoms with van der Waals surface area (Å²) >= 11 is 11.7. The number of carbonyl (C=O) groups excluding carboxylic acids is 1. The van der Waals surface area contributed by atoms with Crippen LogP contribution < -0.4 is 5.43 Å². The Morgan fingerprint density at radius 3 is 2.55 bits per heavy atom. The number of rotatable bonds is 5. The van der Waals surface area contributed by atoms with Crippen LogP contribution in [0.5, 0.6) is 0 Å². The molecule has 0 bridgehead atoms. The maximum Gasteiger partial charge on any atom is 0.273 e. The molecule has 0 radical (unpaired) electrons. The zero-order valence-electron chi connectivity index (χ0n) is 11.8. The van der Waals surface area contributed by atoms with E-state index in [0.29, 0.717) is 10.0 Å². The van der Waals surface area contributed by atoms with Gasteiger partial charge in [0, 0.05) is 7.11 Å². The standard InChI is InChI=1S/C16H14Cl2N2O2/c1-22-15(12-5-3-2-4-6-12)16(21)20-19-10-11-7-8-13(17)14(18)9-11/h2-10,15H,1H3,(H,20,21)/b19-10-/t15-/m0/s1. The Balaban J connectivity index is 2.02. The third-order valence-electron chi connectivity index (χ3n) is 2.91. The van der Waals surface area contributed by atoms with Gasteiger partial charge in [-0.1, -0.05) is 59.6 Å². The molecule has 0 unspecified atom stereocenters. The van der Waals surface area contributed by atoms with Gasteiger partial charge in [-0.3, -0.25) is 4.79 Å². The number of hydrazone groups is 1. The molecule has 4 nitrogen and oxygen atoms in total. The van der Waals surface area contributed by atoms with E-state index in [4.69, 9.17) is 27.9 Å². The van der Waals surface area contributed by atoms with Crippen LogP contribution in [0.15, 0.2) is 53.6 Å². The lowest BCUT2D eigenvalue weighted by Gasteiger charge is -2.13. The van der Waals surface area contributed by atoms with Crippen LogP contribution in [-0.2, 0) is 9.53 Å². The van der Waals surface area contributed by atoms with Gasteiger partial charge < -0.3 is 4.74 Å². The Kier molecular flexibility index (Phi) is 5.95. The van der Waals surface area contributed by atoms with E-state index < -0.39 is 6.10 Å². The summed E-state index contributed by atoms with van der Waals surface area (Å²) in [4.78, 5) is 12.1. The Hall–Kier alpha value is -1.88. The molecule has 0 aliphatic carbocycles. The van der Waals surface area contributed by atoms with Gasteiger partial charge in [-0.05, 0) is 23.3 Å². The van der Waals surface area contributed by atoms with E-state index in [1.54, 1.807) is 18.2 Å². The Morgan fingerprint density at radius 2 is 1.91 bits per heavy atom. The molecule has 1 atom stereocenters. The highest BCUT2D eigenvalue weighted by Gasteiger charge is 2.18. The molecular weight excluding hydrogens is 323 g/mol. The van der Waals surface area contributed by atoms with Crippen molar-refractivity contribution in [1.29, 1.82) is 0 Å². The van der Waals surface area contributed by atoms with Crippen molar-refractivity contribution in [2.45, 2.75) is 6.10 Å². The number of amides is 1. The van der Waals surface area contributed by atoms with Crippen LogP contribution in [0.25, 0.3) is 0 Å². The quantitative estimate of drug-likeness (QED) is 0.666. The number of hydrogen-bond acceptors (Lipinski definition) is 3. The number of benzene rings is 2. The monoisotopic (exact) mass is 336 g/mol. The molecule has 1 amide bonds. The number of hydrogen-bond donors (Lipinski definition) is 1. The van der Waals surface area contributed by atoms with Crippen molar-refractivity contribution >= 4 is 35.3 Å². The van der Waals surface area contributed by atoms with Gasteiger partial charge in [0.1, 0.15) is 0 Å². The minimum absolute atomic E-state index is 0.356. The molecule has 0 spiro atoms. The topological polar surface area (TPSA) is 50.7 Å². The van der Waals surface area contributed by atoms with Gasteiger partial charge in [-0.2, -0.15) is 5.10 Å². The third kappa shape index (κ3) is 4.31. The Labute approximate surface area is 138 Å². The molecule has 0 heterocycles. The van der Waals surface area contributed by atoms with Crippen molar-refractivity contribution in [3.05, 3.63) is 69.7 Å². The summed E-state index contributed by atoms with van der Waals surface area (Å²) in [6.45, 7) is 0. The van der Waals surface area contributed by atoms with Crippen molar-refractivity contribution in [2.24, 2.45) is 5.10 Å². The van der Waals surface area contributed by atoms with Crippen molar-refractivity contribution in [1.82, 2.24) is 5.43 Å². The van der Waals surface area contributed by atoms with Gasteiger partial charge >= 0.3 is 0 Å². The van der Waals surface area contributed by atoms with Gasteiger partial charge in [-0.15, -0.1) is 0 Å². The summed E-state index contributed by atoms with van der Waals surface area (Å²) in [5.41, 5.74) is 3.93. The first-order valence-electron chi connectivity index (χ1n) is 6.47. The molecule has 0 aliphatic rings. The van der Waals surface area contributed by atoms with Crippen LogP contribution in [0.2, 0.25) is 10.0 Å². The smallest absolute Gasteiger partial charge is 0.273 e. The molecule has 2 aromatic carbocycles. The maximum absolute atomic E-state index is 12.1. The van der Waals surface area contributed by atoms with Crippen LogP contribution >= 0.6 is 23.2 Å². The number of nitrogens with zero attached hydrogens (tertiary/aromatic N) is 1. The predicted octanol–water partition coefficient (Wildman–Crippen LogP) is 3.83. The Morgan fingerprint density at radius 1 is 1.18 bits per heavy atom. The van der Waals surface area contributed by atoms with Gasteiger partial charge in [0.2, 0.25) is 0 Å². The summed E-state index contributed by atoms with van der Waals surface area (Å²) in [7, 11) is 1.47. The first kappa shape index (κ1) is 16.5. The largest absolute Gasteiger partial charge is 0.367 e. The van der Waals surface area contributed by atoms with E-state index in [0.717, 1.165) is 11.1 Å². The molecule has 114 valence electrons. The number of ether oxygens (including phenoxy) is 1. The maximum atomic E-state index is 12.1. The molecule has 0 aliphatic heterocycles. The number of methoxy groups -OCH3 is 1. The van der Waals surface area contributed by atoms with E-state index in [2.05, 4.69) is 10.5 Å². The SMILES string of the molecule is CO[C@H](C(=O)N/N=C\c1ccc(Cl)c(Cl)c1)c1ccccc1. The molecular formula is C16H14Cl2N2O2. The minimum Gasteiger partial charge on any atom is -0.367 e. The fourth-order valence-electron chi connectivity index (χ4n) is 1.84. The molecule has 0 saturated heterocycles. The summed E-state index contributed by atoms with van der Waals surface area (Å²) < 4.78 is 5.21. The lowest BCUT2D eigenvalue weighted by molar-refractivity contribution is -0.131. The lowest BCUT2D eigenvalue weighted by atomic mass is 10.1. The highest BCUT2D eigenvalue weighted by atomic mass is 35.5. The highest BCUT2D eigenvalue weighted by molar-refractivity contribution is 6.42. The summed E-state index contributed by atoms with van der Waals surface area (Å²) in [5, 5.41) is 4.79. The second kappa shape index (κ2) is 7.94. The second-order valence-electron chi connectivity index (χ2n) is 4.43. The number of nitrogens with one attached hydrogen (secondary N) is 1. The predicted molar refractivity (Wildman–Crippen MR) is 88.4 cm³/mol. The summed E-state index contributed by atoms with van der Waals surface area (Å²) in [5.74, 6) is -0.356. The van der Waals surface area contributed by atoms with Crippen LogP contribution in [0, 0.1) is 0 Å². The molecule has 22 heavy (non-hydrogen) atoms. The first-order valence-corrected chi connectivity index (χ1v) is 7.23. The first-order chi connectivity index (χ1) is 10.6. The van der Waals surface area contributed by atoms with Crippen LogP contribution in [0.3, 0.4) is 0 Å². The van der Waals surface area contributed by atoms with E-state index in [9.17, 15) is 4.79 Å². The van der Waals surface area contributed by atoms with E-state index in [1.807, 2.05) is 30.3 Å². The highest BCUT2D eigenvalue weighted by Crippen LogP contribution is 2.21. The lowest BCUT2D eigenvalue weighted by Crippen LogP contribution is -2.26. The number of carbonyl (C=O) groups is 1. The van der Waals surface area contributed by atoms with Crippen LogP contribution in [-0.4, -0.2) is 19.2 Å². The minimum atomic E-state index is -0.716. The summed E-state index contributed by atoms with van der Waals surface area (Å²) in [6.07, 6.45) is 0.768. The molecule has 0 aromatic heterocycles. The van der Waals surface area contributed by atoms with Crippen LogP contribution in [0.4, 0.5) is 0 Å². The summed E-state index contributed by atoms with van der Waals surface area (Å²) in [6, 6.07) is 14.2. The zero-order chi connectivity index (χ0) is 15.9. The van der Waals surface area contributed by atoms with Crippen molar-refractivity contribution in [3.63, 3.8) is 0 Å². The zero-order valence-corrected chi connectivity index (χ0v) is 13.3. The molecule has 2 aromatic rings. The van der Waals surface area contributed by atoms with Crippen molar-refractivity contribution < 1.29 is 9.53 Å². The third-order valence-corrected chi connectivity index (χ3v) is 3.65. The van der Waals surface area contributed by atoms with E-state index in [-0.39, 0.29) is 5.91 Å². The van der Waals surface area contributed by atoms with Gasteiger partial charge in [0.15, 0.2) is 6.10 Å². The van der Waals surface area contributed by atoms with Crippen molar-refractivity contribution in [3.8, 4) is 0 Å². The average Bonchev–Trinajstić information content (AvgIpc) is 2.52. The molecule has 2 rings (SSSR count). The molecule has 1 N–H and O–H groups in total. The van der Waals surface area contributed by atoms with Gasteiger partial charge in [-0.25, -0.2) is 5.43 Å². The second-order valence-corrected chi connectivity index (χ2v) is 5.25. The fourth-order valence-corrected chi connectivity index (χ4v) is 2.15. The van der Waals surface area contributed by atoms with Gasteiger partial charge in [0.25, 0.3) is 5.91 Å². The van der Waals surface area contributed by atoms with E-state index >= 15 is 0 Å². The normalized spacial score (nSPS) is 12.3. The molecule has 0 saturated carbocycles. The molecule has 0 fully saturated rings. The van der Waals surface area contributed by atoms with Crippen molar-refractivity contribution in [2.75, 3.05) is 7.11 Å². The number of halogens is 2. The van der Waals surface area contributed by atoms with E-state index in [1.165, 1.54) is 13.3 Å². The fraction of sp³-hybridized carbons (Fsp3) is 0.125. The van der Waals surface area contributed by atoms with Gasteiger partial charge in [0.05, 0.1) is 16.3 Å².